The van der Waals surface area contributed by atoms with Gasteiger partial charge in [0.15, 0.2) is 11.6 Å². The average molecular weight is 704 g/mol. The number of carbonyl (C=O) groups is 4. The number of alkyl halides is 3. The highest BCUT2D eigenvalue weighted by Crippen LogP contribution is 2.87. The number of piperidine rings is 1. The standard InChI is InChI=1S/C35H36F3N9O4/c1-18(48)29-23-12-21(22-13-39-19(2)40-14-22)11-20-7-5-3-4-6-8-25(49)41-16-34-27-28(34)32(34)47(26(50)15-46(44-29)30(20)23)31(27)33(51)42-24-9-10-45(43-24)17-35(36,37)38/h9-14,27-28,31-32H,3-8,15-17H2,1-2H3,(H,41,49)(H,42,43,51)/t27?,28?,31-,32+,34-/m0/s1. The molecule has 2 saturated carbocycles. The highest BCUT2D eigenvalue weighted by atomic mass is 19.4. The molecule has 266 valence electrons. The molecule has 4 fully saturated rings. The molecule has 3 aromatic heterocycles. The van der Waals surface area contributed by atoms with Crippen LogP contribution in [-0.2, 0) is 33.9 Å². The smallest absolute Gasteiger partial charge is 0.355 e. The minimum absolute atomic E-state index is 0.0103. The molecular weight excluding hydrogens is 667 g/mol. The summed E-state index contributed by atoms with van der Waals surface area (Å²) in [4.78, 5) is 64.2. The van der Waals surface area contributed by atoms with Gasteiger partial charge in [-0.05, 0) is 55.4 Å². The number of aromatic nitrogens is 6. The fourth-order valence-electron chi connectivity index (χ4n) is 8.55. The normalized spacial score (nSPS) is 26.0. The molecular formula is C35H36F3N9O4. The Balaban J connectivity index is 1.15. The maximum absolute atomic E-state index is 14.4. The average Bonchev–Trinajstić information content (AvgIpc) is 3.49. The van der Waals surface area contributed by atoms with E-state index in [1.165, 1.54) is 13.0 Å². The van der Waals surface area contributed by atoms with E-state index in [2.05, 4.69) is 30.8 Å². The molecule has 0 radical (unpaired) electrons. The lowest BCUT2D eigenvalue weighted by Crippen LogP contribution is -2.45. The first-order valence-corrected chi connectivity index (χ1v) is 17.2. The van der Waals surface area contributed by atoms with Crippen LogP contribution < -0.4 is 10.6 Å². The SMILES string of the molecule is CC(=O)c1nn2c3c(cc(-c4cnc(C)nc4)cc13)CCCCCCC(=O)NC[C@]13C4C1[C@H]3N(C(=O)C2)[C@@H]4C(=O)Nc1ccn(CC(F)(F)F)n1. The number of amides is 3. The molecule has 5 atom stereocenters. The van der Waals surface area contributed by atoms with Gasteiger partial charge in [-0.1, -0.05) is 12.8 Å². The quantitative estimate of drug-likeness (QED) is 0.297. The first-order valence-electron chi connectivity index (χ1n) is 17.2. The van der Waals surface area contributed by atoms with Crippen molar-refractivity contribution in [3.8, 4) is 11.1 Å². The molecule has 3 aliphatic heterocycles. The molecule has 5 aliphatic rings. The second kappa shape index (κ2) is 12.0. The lowest BCUT2D eigenvalue weighted by atomic mass is 9.96. The van der Waals surface area contributed by atoms with E-state index in [-0.39, 0.29) is 53.5 Å². The van der Waals surface area contributed by atoms with E-state index >= 15 is 0 Å². The van der Waals surface area contributed by atoms with E-state index in [1.807, 2.05) is 12.1 Å². The highest BCUT2D eigenvalue weighted by molar-refractivity contribution is 6.07. The Morgan fingerprint density at radius 2 is 1.76 bits per heavy atom. The number of ketones is 1. The molecule has 9 rings (SSSR count). The van der Waals surface area contributed by atoms with Gasteiger partial charge in [0.2, 0.25) is 17.7 Å². The van der Waals surface area contributed by atoms with Crippen molar-refractivity contribution < 1.29 is 32.3 Å². The lowest BCUT2D eigenvalue weighted by molar-refractivity contribution is -0.142. The molecule has 1 spiro atoms. The molecule has 1 aromatic carbocycles. The van der Waals surface area contributed by atoms with Crippen molar-refractivity contribution in [1.82, 2.24) is 39.7 Å². The van der Waals surface area contributed by atoms with Crippen LogP contribution in [0.15, 0.2) is 36.8 Å². The number of hydrogen-bond donors (Lipinski definition) is 2. The van der Waals surface area contributed by atoms with Crippen molar-refractivity contribution in [3.63, 3.8) is 0 Å². The number of rotatable bonds is 5. The summed E-state index contributed by atoms with van der Waals surface area (Å²) in [7, 11) is 0. The predicted molar refractivity (Wildman–Crippen MR) is 176 cm³/mol. The van der Waals surface area contributed by atoms with Crippen molar-refractivity contribution in [2.75, 3.05) is 11.9 Å². The Labute approximate surface area is 290 Å². The number of nitrogens with one attached hydrogen (secondary N) is 2. The zero-order valence-corrected chi connectivity index (χ0v) is 28.0. The number of aryl methyl sites for hydroxylation is 2. The van der Waals surface area contributed by atoms with Crippen molar-refractivity contribution >= 4 is 40.2 Å². The second-order valence-corrected chi connectivity index (χ2v) is 14.2. The summed E-state index contributed by atoms with van der Waals surface area (Å²) in [6, 6.07) is 3.96. The maximum Gasteiger partial charge on any atom is 0.408 e. The molecule has 4 aromatic rings. The molecule has 4 bridgehead atoms. The van der Waals surface area contributed by atoms with Crippen molar-refractivity contribution in [2.24, 2.45) is 17.3 Å². The number of benzene rings is 1. The number of Topliss-reactive ketones (excluding diaryl/α,β-unsaturated/α-hetero) is 1. The molecule has 2 N–H and O–H groups in total. The van der Waals surface area contributed by atoms with Gasteiger partial charge >= 0.3 is 6.18 Å². The number of hydrogen-bond acceptors (Lipinski definition) is 8. The monoisotopic (exact) mass is 703 g/mol. The third-order valence-electron chi connectivity index (χ3n) is 10.9. The van der Waals surface area contributed by atoms with Crippen LogP contribution in [0.2, 0.25) is 0 Å². The Bertz CT molecular complexity index is 2090. The van der Waals surface area contributed by atoms with Gasteiger partial charge < -0.3 is 15.5 Å². The van der Waals surface area contributed by atoms with Gasteiger partial charge in [-0.2, -0.15) is 23.4 Å². The largest absolute Gasteiger partial charge is 0.408 e. The van der Waals surface area contributed by atoms with Crippen LogP contribution in [0.5, 0.6) is 0 Å². The second-order valence-electron chi connectivity index (χ2n) is 14.2. The molecule has 6 heterocycles. The van der Waals surface area contributed by atoms with E-state index in [9.17, 15) is 32.3 Å². The van der Waals surface area contributed by atoms with Crippen molar-refractivity contribution in [2.45, 2.75) is 83.7 Å². The van der Waals surface area contributed by atoms with Crippen LogP contribution >= 0.6 is 0 Å². The Kier molecular flexibility index (Phi) is 7.76. The fourth-order valence-corrected chi connectivity index (χ4v) is 8.55. The molecule has 2 unspecified atom stereocenters. The van der Waals surface area contributed by atoms with Gasteiger partial charge in [0.1, 0.15) is 30.6 Å². The summed E-state index contributed by atoms with van der Waals surface area (Å²) >= 11 is 0. The van der Waals surface area contributed by atoms with Crippen LogP contribution in [0.3, 0.4) is 0 Å². The topological polar surface area (TPSA) is 157 Å². The van der Waals surface area contributed by atoms with Crippen LogP contribution in [0.4, 0.5) is 19.0 Å². The first-order chi connectivity index (χ1) is 24.4. The van der Waals surface area contributed by atoms with Gasteiger partial charge in [0, 0.05) is 72.9 Å². The third kappa shape index (κ3) is 5.73. The summed E-state index contributed by atoms with van der Waals surface area (Å²) in [6.45, 7) is 2.00. The molecule has 2 saturated heterocycles. The lowest BCUT2D eigenvalue weighted by Gasteiger charge is -2.24. The van der Waals surface area contributed by atoms with Gasteiger partial charge in [0.05, 0.1) is 5.52 Å². The number of halogens is 3. The van der Waals surface area contributed by atoms with Crippen molar-refractivity contribution in [3.05, 3.63) is 53.9 Å². The van der Waals surface area contributed by atoms with E-state index in [1.54, 1.807) is 28.9 Å². The number of anilines is 1. The molecule has 3 amide bonds. The third-order valence-corrected chi connectivity index (χ3v) is 10.9. The van der Waals surface area contributed by atoms with E-state index in [4.69, 9.17) is 0 Å². The molecule has 13 nitrogen and oxygen atoms in total. The summed E-state index contributed by atoms with van der Waals surface area (Å²) in [5.41, 5.74) is 2.93. The minimum Gasteiger partial charge on any atom is -0.355 e. The molecule has 16 heteroatoms. The number of nitrogens with zero attached hydrogens (tertiary/aromatic N) is 7. The van der Waals surface area contributed by atoms with E-state index < -0.39 is 30.1 Å². The first kappa shape index (κ1) is 33.0. The van der Waals surface area contributed by atoms with E-state index in [0.29, 0.717) is 47.2 Å². The van der Waals surface area contributed by atoms with Crippen LogP contribution in [0.25, 0.3) is 22.0 Å². The maximum atomic E-state index is 14.4. The summed E-state index contributed by atoms with van der Waals surface area (Å²) in [5.74, 6) is -0.926. The minimum atomic E-state index is -4.49. The summed E-state index contributed by atoms with van der Waals surface area (Å²) < 4.78 is 41.0. The Hall–Kier alpha value is -5.15. The molecule has 2 aliphatic carbocycles. The Morgan fingerprint density at radius 1 is 1.02 bits per heavy atom. The Morgan fingerprint density at radius 3 is 2.49 bits per heavy atom. The zero-order valence-electron chi connectivity index (χ0n) is 28.0. The van der Waals surface area contributed by atoms with Gasteiger partial charge in [0.25, 0.3) is 0 Å². The number of carbonyl (C=O) groups excluding carboxylic acids is 4. The fraction of sp³-hybridized carbons (Fsp3) is 0.486. The van der Waals surface area contributed by atoms with Crippen LogP contribution in [-0.4, -0.2) is 82.7 Å². The van der Waals surface area contributed by atoms with Gasteiger partial charge in [-0.15, -0.1) is 0 Å². The predicted octanol–water partition coefficient (Wildman–Crippen LogP) is 3.85. The molecule has 51 heavy (non-hydrogen) atoms. The summed E-state index contributed by atoms with van der Waals surface area (Å²) in [5, 5.41) is 14.8. The van der Waals surface area contributed by atoms with Gasteiger partial charge in [-0.25, -0.2) is 9.97 Å². The summed E-state index contributed by atoms with van der Waals surface area (Å²) in [6.07, 6.45) is 4.35. The zero-order chi connectivity index (χ0) is 35.8. The van der Waals surface area contributed by atoms with Crippen LogP contribution in [0, 0.1) is 24.2 Å². The van der Waals surface area contributed by atoms with Crippen molar-refractivity contribution in [1.29, 1.82) is 0 Å². The highest BCUT2D eigenvalue weighted by Gasteiger charge is 2.96. The van der Waals surface area contributed by atoms with E-state index in [0.717, 1.165) is 42.1 Å². The van der Waals surface area contributed by atoms with Gasteiger partial charge in [-0.3, -0.25) is 28.5 Å². The van der Waals surface area contributed by atoms with Crippen LogP contribution in [0.1, 0.15) is 60.9 Å².